The number of hydrogen-bond acceptors (Lipinski definition) is 9. The lowest BCUT2D eigenvalue weighted by Gasteiger charge is -2.22. The Balaban J connectivity index is 0.0000115. The molecule has 0 spiro atoms. The standard InChI is InChI=1S/C34H49N5O7S.ClH.H2O/c1-22-17-25(40)18-23(2)26(22)20-27(35)32(43)39-28(14-16-47-4)33(44)37-21-30(41)38-29(19-24-11-7-5-8-12-24)34(45)36-15-10-6-9-13-31(42)46-3;;/h5,7-8,11-12,17-18,27-29,40H,6,9-10,13-16,19-21,35H2,1-4H3,(H,36,45)(H,37,44)(H,38,41)(H,39,43);1H;1H2/t27-,28+,29-;;/m0../s1. The molecule has 0 bridgehead atoms. The number of methoxy groups -OCH3 is 1. The van der Waals surface area contributed by atoms with Crippen molar-refractivity contribution >= 4 is 53.8 Å². The SMILES string of the molecule is COC(=O)CCCCCNC(=O)[C@H](Cc1ccccc1)NC(=O)CNC(=O)[C@@H](CCSC)NC(=O)[C@@H](N)Cc1c(C)cc(O)cc1C.Cl.O. The molecule has 49 heavy (non-hydrogen) atoms. The number of benzene rings is 2. The van der Waals surface area contributed by atoms with Crippen molar-refractivity contribution in [3.05, 3.63) is 64.7 Å². The quantitative estimate of drug-likeness (QED) is 0.0857. The fourth-order valence-electron chi connectivity index (χ4n) is 4.99. The van der Waals surface area contributed by atoms with Crippen LogP contribution in [-0.4, -0.2) is 90.5 Å². The molecule has 0 saturated heterocycles. The number of halogens is 1. The lowest BCUT2D eigenvalue weighted by molar-refractivity contribution is -0.140. The van der Waals surface area contributed by atoms with Crippen LogP contribution in [0.2, 0.25) is 0 Å². The van der Waals surface area contributed by atoms with E-state index in [1.54, 1.807) is 12.1 Å². The number of nitrogens with two attached hydrogens (primary N) is 1. The molecule has 2 aromatic carbocycles. The van der Waals surface area contributed by atoms with Gasteiger partial charge in [-0.1, -0.05) is 36.8 Å². The summed E-state index contributed by atoms with van der Waals surface area (Å²) in [5.41, 5.74) is 9.53. The number of phenols is 1. The summed E-state index contributed by atoms with van der Waals surface area (Å²) < 4.78 is 4.64. The molecule has 0 aromatic heterocycles. The van der Waals surface area contributed by atoms with Gasteiger partial charge >= 0.3 is 5.97 Å². The van der Waals surface area contributed by atoms with Gasteiger partial charge < -0.3 is 42.3 Å². The van der Waals surface area contributed by atoms with Gasteiger partial charge in [0.05, 0.1) is 19.7 Å². The van der Waals surface area contributed by atoms with Crippen LogP contribution in [-0.2, 0) is 41.6 Å². The van der Waals surface area contributed by atoms with Crippen LogP contribution < -0.4 is 27.0 Å². The molecule has 0 aliphatic carbocycles. The molecule has 15 heteroatoms. The Hall–Kier alpha value is -3.85. The zero-order valence-electron chi connectivity index (χ0n) is 28.6. The Labute approximate surface area is 299 Å². The van der Waals surface area contributed by atoms with Crippen LogP contribution in [0.1, 0.15) is 54.4 Å². The minimum absolute atomic E-state index is 0. The van der Waals surface area contributed by atoms with Crippen LogP contribution >= 0.6 is 24.2 Å². The highest BCUT2D eigenvalue weighted by Gasteiger charge is 2.26. The summed E-state index contributed by atoms with van der Waals surface area (Å²) in [4.78, 5) is 63.4. The summed E-state index contributed by atoms with van der Waals surface area (Å²) in [6.07, 6.45) is 5.03. The van der Waals surface area contributed by atoms with Gasteiger partial charge in [0, 0.05) is 19.4 Å². The van der Waals surface area contributed by atoms with E-state index in [4.69, 9.17) is 5.73 Å². The van der Waals surface area contributed by atoms with E-state index in [1.165, 1.54) is 18.9 Å². The van der Waals surface area contributed by atoms with Crippen molar-refractivity contribution in [2.24, 2.45) is 5.73 Å². The Morgan fingerprint density at radius 1 is 0.878 bits per heavy atom. The molecule has 0 fully saturated rings. The average molecular weight is 726 g/mol. The van der Waals surface area contributed by atoms with Crippen LogP contribution in [0.3, 0.4) is 0 Å². The molecule has 9 N–H and O–H groups in total. The maximum atomic E-state index is 13.1. The first-order valence-electron chi connectivity index (χ1n) is 15.7. The second kappa shape index (κ2) is 24.3. The largest absolute Gasteiger partial charge is 0.508 e. The molecule has 0 unspecified atom stereocenters. The van der Waals surface area contributed by atoms with Crippen molar-refractivity contribution in [2.45, 2.75) is 76.9 Å². The third-order valence-electron chi connectivity index (χ3n) is 7.63. The van der Waals surface area contributed by atoms with E-state index in [2.05, 4.69) is 26.0 Å². The predicted octanol–water partition coefficient (Wildman–Crippen LogP) is 1.41. The van der Waals surface area contributed by atoms with Crippen LogP contribution in [0.4, 0.5) is 0 Å². The maximum Gasteiger partial charge on any atom is 0.305 e. The Kier molecular flexibility index (Phi) is 22.4. The summed E-state index contributed by atoms with van der Waals surface area (Å²) in [7, 11) is 1.34. The fourth-order valence-corrected chi connectivity index (χ4v) is 5.46. The number of thioether (sulfide) groups is 1. The van der Waals surface area contributed by atoms with Gasteiger partial charge in [-0.25, -0.2) is 0 Å². The second-order valence-corrected chi connectivity index (χ2v) is 12.4. The molecule has 0 radical (unpaired) electrons. The molecule has 13 nitrogen and oxygen atoms in total. The summed E-state index contributed by atoms with van der Waals surface area (Å²) >= 11 is 1.51. The summed E-state index contributed by atoms with van der Waals surface area (Å²) in [6, 6.07) is 9.74. The fraction of sp³-hybridized carbons (Fsp3) is 0.500. The number of nitrogens with one attached hydrogen (secondary N) is 4. The first-order valence-corrected chi connectivity index (χ1v) is 17.1. The number of amides is 4. The third-order valence-corrected chi connectivity index (χ3v) is 8.27. The molecule has 274 valence electrons. The van der Waals surface area contributed by atoms with Crippen LogP contribution in [0, 0.1) is 13.8 Å². The van der Waals surface area contributed by atoms with E-state index < -0.39 is 42.4 Å². The van der Waals surface area contributed by atoms with Gasteiger partial charge in [0.25, 0.3) is 0 Å². The highest BCUT2D eigenvalue weighted by molar-refractivity contribution is 7.98. The van der Waals surface area contributed by atoms with Crippen LogP contribution in [0.15, 0.2) is 42.5 Å². The number of ether oxygens (including phenoxy) is 1. The molecule has 3 atom stereocenters. The van der Waals surface area contributed by atoms with Gasteiger partial charge in [0.1, 0.15) is 17.8 Å². The normalized spacial score (nSPS) is 12.2. The lowest BCUT2D eigenvalue weighted by Crippen LogP contribution is -2.54. The smallest absolute Gasteiger partial charge is 0.305 e. The maximum absolute atomic E-state index is 13.1. The summed E-state index contributed by atoms with van der Waals surface area (Å²) in [5.74, 6) is -1.52. The number of rotatable bonds is 20. The van der Waals surface area contributed by atoms with E-state index in [0.717, 1.165) is 28.7 Å². The minimum atomic E-state index is -0.935. The number of carbonyl (C=O) groups excluding carboxylic acids is 5. The van der Waals surface area contributed by atoms with Crippen molar-refractivity contribution in [3.8, 4) is 5.75 Å². The highest BCUT2D eigenvalue weighted by Crippen LogP contribution is 2.22. The minimum Gasteiger partial charge on any atom is -0.508 e. The van der Waals surface area contributed by atoms with Crippen molar-refractivity contribution in [2.75, 3.05) is 32.2 Å². The number of carbonyl (C=O) groups is 5. The van der Waals surface area contributed by atoms with E-state index in [1.807, 2.05) is 50.4 Å². The van der Waals surface area contributed by atoms with Crippen LogP contribution in [0.5, 0.6) is 5.75 Å². The first kappa shape index (κ1) is 45.2. The Bertz CT molecular complexity index is 1330. The number of esters is 1. The van der Waals surface area contributed by atoms with E-state index >= 15 is 0 Å². The Morgan fingerprint density at radius 3 is 2.12 bits per heavy atom. The number of aromatic hydroxyl groups is 1. The van der Waals surface area contributed by atoms with E-state index in [0.29, 0.717) is 38.0 Å². The number of phenolic OH excluding ortho intramolecular Hbond substituents is 1. The molecule has 0 heterocycles. The predicted molar refractivity (Wildman–Crippen MR) is 194 cm³/mol. The number of unbranched alkanes of at least 4 members (excludes halogenated alkanes) is 2. The molecule has 2 aromatic rings. The topological polar surface area (TPSA) is 220 Å². The van der Waals surface area contributed by atoms with Crippen molar-refractivity contribution in [1.82, 2.24) is 21.3 Å². The monoisotopic (exact) mass is 725 g/mol. The van der Waals surface area contributed by atoms with Gasteiger partial charge in [0.15, 0.2) is 0 Å². The summed E-state index contributed by atoms with van der Waals surface area (Å²) in [6.45, 7) is 3.64. The molecule has 0 aliphatic rings. The highest BCUT2D eigenvalue weighted by atomic mass is 35.5. The van der Waals surface area contributed by atoms with Gasteiger partial charge in [0.2, 0.25) is 23.6 Å². The lowest BCUT2D eigenvalue weighted by atomic mass is 9.96. The molecule has 2 rings (SSSR count). The van der Waals surface area contributed by atoms with Gasteiger partial charge in [-0.2, -0.15) is 11.8 Å². The Morgan fingerprint density at radius 2 is 1.51 bits per heavy atom. The second-order valence-electron chi connectivity index (χ2n) is 11.4. The molecular weight excluding hydrogens is 674 g/mol. The zero-order valence-corrected chi connectivity index (χ0v) is 30.3. The van der Waals surface area contributed by atoms with E-state index in [9.17, 15) is 29.1 Å². The van der Waals surface area contributed by atoms with Crippen molar-refractivity contribution < 1.29 is 39.3 Å². The number of aryl methyl sites for hydroxylation is 2. The van der Waals surface area contributed by atoms with Gasteiger partial charge in [-0.15, -0.1) is 12.4 Å². The number of hydrogen-bond donors (Lipinski definition) is 6. The van der Waals surface area contributed by atoms with Gasteiger partial charge in [-0.05, 0) is 85.9 Å². The van der Waals surface area contributed by atoms with Crippen molar-refractivity contribution in [1.29, 1.82) is 0 Å². The average Bonchev–Trinajstić information content (AvgIpc) is 3.04. The van der Waals surface area contributed by atoms with Crippen molar-refractivity contribution in [3.63, 3.8) is 0 Å². The molecule has 4 amide bonds. The first-order chi connectivity index (χ1) is 22.4. The van der Waals surface area contributed by atoms with E-state index in [-0.39, 0.29) is 48.4 Å². The summed E-state index contributed by atoms with van der Waals surface area (Å²) in [5, 5.41) is 20.7. The molecule has 0 saturated carbocycles. The van der Waals surface area contributed by atoms with Gasteiger partial charge in [-0.3, -0.25) is 24.0 Å². The molecule has 0 aliphatic heterocycles. The van der Waals surface area contributed by atoms with Crippen LogP contribution in [0.25, 0.3) is 0 Å². The zero-order chi connectivity index (χ0) is 34.8. The molecular formula is C34H52ClN5O8S. The third kappa shape index (κ3) is 16.9.